The van der Waals surface area contributed by atoms with Gasteiger partial charge in [-0.1, -0.05) is 32.6 Å². The molecule has 0 bridgehead atoms. The van der Waals surface area contributed by atoms with Crippen molar-refractivity contribution in [3.05, 3.63) is 0 Å². The number of rotatable bonds is 8. The second-order valence-corrected chi connectivity index (χ2v) is 4.48. The summed E-state index contributed by atoms with van der Waals surface area (Å²) in [6.45, 7) is 4.17. The topological polar surface area (TPSA) is 20.3 Å². The highest BCUT2D eigenvalue weighted by atomic mass is 35.5. The predicted octanol–water partition coefficient (Wildman–Crippen LogP) is 3.43. The minimum absolute atomic E-state index is 0.148. The summed E-state index contributed by atoms with van der Waals surface area (Å²) >= 11 is 5.70. The van der Waals surface area contributed by atoms with Crippen LogP contribution >= 0.6 is 11.6 Å². The van der Waals surface area contributed by atoms with Crippen LogP contribution in [-0.4, -0.2) is 29.8 Å². The first-order valence-corrected chi connectivity index (χ1v) is 6.48. The van der Waals surface area contributed by atoms with Gasteiger partial charge in [0.15, 0.2) is 0 Å². The Morgan fingerprint density at radius 3 is 2.40 bits per heavy atom. The number of alkyl halides is 1. The number of halogens is 1. The van der Waals surface area contributed by atoms with E-state index in [2.05, 4.69) is 6.92 Å². The fourth-order valence-corrected chi connectivity index (χ4v) is 1.61. The lowest BCUT2D eigenvalue weighted by Crippen LogP contribution is -2.35. The van der Waals surface area contributed by atoms with Crippen molar-refractivity contribution in [3.63, 3.8) is 0 Å². The summed E-state index contributed by atoms with van der Waals surface area (Å²) in [5.74, 6) is 0.734. The summed E-state index contributed by atoms with van der Waals surface area (Å²) in [4.78, 5) is 13.4. The highest BCUT2D eigenvalue weighted by molar-refractivity contribution is 6.18. The molecule has 15 heavy (non-hydrogen) atoms. The minimum atomic E-state index is 0.148. The molecule has 0 aromatic heterocycles. The van der Waals surface area contributed by atoms with Crippen molar-refractivity contribution in [2.24, 2.45) is 0 Å². The molecule has 0 aromatic carbocycles. The fraction of sp³-hybridized carbons (Fsp3) is 0.917. The quantitative estimate of drug-likeness (QED) is 0.465. The fourth-order valence-electron chi connectivity index (χ4n) is 1.41. The van der Waals surface area contributed by atoms with Gasteiger partial charge in [0.2, 0.25) is 5.91 Å². The minimum Gasteiger partial charge on any atom is -0.342 e. The van der Waals surface area contributed by atoms with Crippen LogP contribution in [0.3, 0.4) is 0 Å². The van der Waals surface area contributed by atoms with Crippen molar-refractivity contribution in [2.75, 3.05) is 12.9 Å². The maximum atomic E-state index is 11.6. The summed E-state index contributed by atoms with van der Waals surface area (Å²) in [6.07, 6.45) is 6.63. The second kappa shape index (κ2) is 9.02. The van der Waals surface area contributed by atoms with Crippen LogP contribution in [0.25, 0.3) is 0 Å². The van der Waals surface area contributed by atoms with Gasteiger partial charge < -0.3 is 4.90 Å². The van der Waals surface area contributed by atoms with E-state index in [1.807, 2.05) is 14.0 Å². The molecule has 0 rings (SSSR count). The summed E-state index contributed by atoms with van der Waals surface area (Å²) in [5, 5.41) is 0. The first-order chi connectivity index (χ1) is 7.13. The third-order valence-corrected chi connectivity index (χ3v) is 3.22. The number of hydrogen-bond donors (Lipinski definition) is 0. The lowest BCUT2D eigenvalue weighted by Gasteiger charge is -2.23. The molecule has 0 heterocycles. The van der Waals surface area contributed by atoms with Crippen LogP contribution in [0.2, 0.25) is 0 Å². The van der Waals surface area contributed by atoms with Crippen molar-refractivity contribution < 1.29 is 4.79 Å². The molecule has 0 aliphatic carbocycles. The molecule has 90 valence electrons. The van der Waals surface area contributed by atoms with Gasteiger partial charge in [0.05, 0.1) is 0 Å². The molecule has 0 aliphatic heterocycles. The highest BCUT2D eigenvalue weighted by Gasteiger charge is 2.13. The molecule has 0 radical (unpaired) electrons. The second-order valence-electron chi connectivity index (χ2n) is 4.17. The SMILES string of the molecule is CCCCCCCC(=O)N(C)C(C)CCl. The van der Waals surface area contributed by atoms with Crippen LogP contribution in [0.4, 0.5) is 0 Å². The Morgan fingerprint density at radius 1 is 1.27 bits per heavy atom. The lowest BCUT2D eigenvalue weighted by atomic mass is 10.1. The molecule has 0 N–H and O–H groups in total. The van der Waals surface area contributed by atoms with Gasteiger partial charge in [-0.25, -0.2) is 0 Å². The maximum absolute atomic E-state index is 11.6. The van der Waals surface area contributed by atoms with Crippen molar-refractivity contribution >= 4 is 17.5 Å². The smallest absolute Gasteiger partial charge is 0.222 e. The van der Waals surface area contributed by atoms with Crippen LogP contribution < -0.4 is 0 Å². The Morgan fingerprint density at radius 2 is 1.87 bits per heavy atom. The van der Waals surface area contributed by atoms with Gasteiger partial charge >= 0.3 is 0 Å². The van der Waals surface area contributed by atoms with Crippen LogP contribution in [0, 0.1) is 0 Å². The molecule has 3 heteroatoms. The summed E-state index contributed by atoms with van der Waals surface area (Å²) in [5.41, 5.74) is 0. The number of unbranched alkanes of at least 4 members (excludes halogenated alkanes) is 4. The third kappa shape index (κ3) is 6.77. The molecule has 0 saturated heterocycles. The first kappa shape index (κ1) is 14.8. The number of hydrogen-bond acceptors (Lipinski definition) is 1. The summed E-state index contributed by atoms with van der Waals surface area (Å²) in [7, 11) is 1.83. The van der Waals surface area contributed by atoms with E-state index in [1.54, 1.807) is 4.90 Å². The predicted molar refractivity (Wildman–Crippen MR) is 66.3 cm³/mol. The van der Waals surface area contributed by atoms with E-state index in [1.165, 1.54) is 25.7 Å². The molecule has 2 nitrogen and oxygen atoms in total. The molecule has 0 saturated carbocycles. The number of carbonyl (C=O) groups is 1. The first-order valence-electron chi connectivity index (χ1n) is 5.95. The van der Waals surface area contributed by atoms with Crippen molar-refractivity contribution in [2.45, 2.75) is 58.4 Å². The van der Waals surface area contributed by atoms with Gasteiger partial charge in [-0.3, -0.25) is 4.79 Å². The van der Waals surface area contributed by atoms with Gasteiger partial charge in [0, 0.05) is 25.4 Å². The number of amides is 1. The normalized spacial score (nSPS) is 12.5. The standard InChI is InChI=1S/C12H24ClNO/c1-4-5-6-7-8-9-12(15)14(3)11(2)10-13/h11H,4-10H2,1-3H3. The molecule has 0 fully saturated rings. The van der Waals surface area contributed by atoms with E-state index < -0.39 is 0 Å². The molecule has 1 atom stereocenters. The van der Waals surface area contributed by atoms with Crippen LogP contribution in [-0.2, 0) is 4.79 Å². The maximum Gasteiger partial charge on any atom is 0.222 e. The van der Waals surface area contributed by atoms with E-state index in [4.69, 9.17) is 11.6 Å². The van der Waals surface area contributed by atoms with E-state index >= 15 is 0 Å². The Hall–Kier alpha value is -0.240. The van der Waals surface area contributed by atoms with Gasteiger partial charge in [-0.05, 0) is 13.3 Å². The zero-order valence-corrected chi connectivity index (χ0v) is 11.0. The van der Waals surface area contributed by atoms with E-state index in [-0.39, 0.29) is 11.9 Å². The van der Waals surface area contributed by atoms with Gasteiger partial charge in [-0.2, -0.15) is 0 Å². The average molecular weight is 234 g/mol. The zero-order valence-electron chi connectivity index (χ0n) is 10.3. The Balaban J connectivity index is 3.56. The van der Waals surface area contributed by atoms with E-state index in [0.717, 1.165) is 6.42 Å². The Labute approximate surface area is 99.0 Å². The lowest BCUT2D eigenvalue weighted by molar-refractivity contribution is -0.131. The van der Waals surface area contributed by atoms with Gasteiger partial charge in [0.1, 0.15) is 0 Å². The van der Waals surface area contributed by atoms with Crippen LogP contribution in [0.15, 0.2) is 0 Å². The van der Waals surface area contributed by atoms with E-state index in [0.29, 0.717) is 12.3 Å². The van der Waals surface area contributed by atoms with Crippen LogP contribution in [0.5, 0.6) is 0 Å². The Kier molecular flexibility index (Phi) is 8.88. The highest BCUT2D eigenvalue weighted by Crippen LogP contribution is 2.08. The monoisotopic (exact) mass is 233 g/mol. The molecule has 1 unspecified atom stereocenters. The van der Waals surface area contributed by atoms with Gasteiger partial charge in [-0.15, -0.1) is 11.6 Å². The van der Waals surface area contributed by atoms with Crippen molar-refractivity contribution in [1.29, 1.82) is 0 Å². The molecular weight excluding hydrogens is 210 g/mol. The third-order valence-electron chi connectivity index (χ3n) is 2.77. The average Bonchev–Trinajstić information content (AvgIpc) is 2.26. The van der Waals surface area contributed by atoms with Crippen molar-refractivity contribution in [3.8, 4) is 0 Å². The molecular formula is C12H24ClNO. The zero-order chi connectivity index (χ0) is 11.7. The van der Waals surface area contributed by atoms with Crippen LogP contribution in [0.1, 0.15) is 52.4 Å². The van der Waals surface area contributed by atoms with Crippen molar-refractivity contribution in [1.82, 2.24) is 4.90 Å². The molecule has 0 spiro atoms. The van der Waals surface area contributed by atoms with E-state index in [9.17, 15) is 4.79 Å². The Bertz CT molecular complexity index is 173. The molecule has 0 aliphatic rings. The largest absolute Gasteiger partial charge is 0.342 e. The summed E-state index contributed by atoms with van der Waals surface area (Å²) < 4.78 is 0. The summed E-state index contributed by atoms with van der Waals surface area (Å²) in [6, 6.07) is 0.148. The molecule has 0 aromatic rings. The van der Waals surface area contributed by atoms with Gasteiger partial charge in [0.25, 0.3) is 0 Å². The number of nitrogens with zero attached hydrogens (tertiary/aromatic N) is 1. The number of carbonyl (C=O) groups excluding carboxylic acids is 1. The molecule has 1 amide bonds.